The number of amides is 1. The monoisotopic (exact) mass is 420 g/mol. The molecule has 0 radical (unpaired) electrons. The number of rotatable bonds is 5. The van der Waals surface area contributed by atoms with Crippen molar-refractivity contribution < 1.29 is 14.1 Å². The van der Waals surface area contributed by atoms with E-state index >= 15 is 0 Å². The van der Waals surface area contributed by atoms with Crippen LogP contribution in [0, 0.1) is 0 Å². The molecule has 1 amide bonds. The molecule has 0 unspecified atom stereocenters. The molecule has 0 atom stereocenters. The molecule has 0 bridgehead atoms. The topological polar surface area (TPSA) is 71.7 Å². The van der Waals surface area contributed by atoms with Crippen LogP contribution in [-0.2, 0) is 11.2 Å². The largest absolute Gasteiger partial charge is 0.490 e. The van der Waals surface area contributed by atoms with Gasteiger partial charge in [0.05, 0.1) is 6.42 Å². The second kappa shape index (κ2) is 9.06. The number of nitrogens with zero attached hydrogens (tertiary/aromatic N) is 4. The number of ether oxygens (including phenoxy) is 1. The summed E-state index contributed by atoms with van der Waals surface area (Å²) >= 11 is 0. The molecule has 0 N–H and O–H groups in total. The maximum atomic E-state index is 12.8. The van der Waals surface area contributed by atoms with Crippen molar-refractivity contribution in [1.29, 1.82) is 0 Å². The number of benzene rings is 1. The standard InChI is InChI=1S/C24H28N4O3/c29-24(17-22-21-3-1-2-4-23(21)31-26-22)28-13-7-18(8-14-28)27-15-9-20(10-16-27)30-19-5-11-25-12-6-19/h1-6,11-12,18,20H,7-10,13-17H2. The van der Waals surface area contributed by atoms with Gasteiger partial charge in [0.15, 0.2) is 5.58 Å². The summed E-state index contributed by atoms with van der Waals surface area (Å²) in [5.74, 6) is 1.04. The van der Waals surface area contributed by atoms with E-state index < -0.39 is 0 Å². The summed E-state index contributed by atoms with van der Waals surface area (Å²) in [4.78, 5) is 21.4. The van der Waals surface area contributed by atoms with Crippen molar-refractivity contribution in [3.63, 3.8) is 0 Å². The molecule has 2 aromatic heterocycles. The molecule has 2 saturated heterocycles. The molecule has 5 rings (SSSR count). The molecule has 0 saturated carbocycles. The van der Waals surface area contributed by atoms with Crippen molar-refractivity contribution in [2.24, 2.45) is 0 Å². The molecule has 3 aromatic rings. The van der Waals surface area contributed by atoms with Gasteiger partial charge in [-0.1, -0.05) is 17.3 Å². The average molecular weight is 421 g/mol. The predicted octanol–water partition coefficient (Wildman–Crippen LogP) is 3.30. The summed E-state index contributed by atoms with van der Waals surface area (Å²) in [7, 11) is 0. The van der Waals surface area contributed by atoms with E-state index in [1.54, 1.807) is 12.4 Å². The van der Waals surface area contributed by atoms with Gasteiger partial charge in [-0.3, -0.25) is 14.7 Å². The lowest BCUT2D eigenvalue weighted by atomic mass is 9.98. The molecule has 2 aliphatic heterocycles. The van der Waals surface area contributed by atoms with Crippen LogP contribution in [-0.4, -0.2) is 64.2 Å². The van der Waals surface area contributed by atoms with Gasteiger partial charge in [-0.15, -0.1) is 0 Å². The molecule has 2 aliphatic rings. The number of likely N-dealkylation sites (tertiary alicyclic amines) is 2. The zero-order chi connectivity index (χ0) is 21.0. The highest BCUT2D eigenvalue weighted by Gasteiger charge is 2.30. The minimum atomic E-state index is 0.141. The molecule has 2 fully saturated rings. The second-order valence-electron chi connectivity index (χ2n) is 8.45. The van der Waals surface area contributed by atoms with E-state index in [2.05, 4.69) is 15.0 Å². The predicted molar refractivity (Wildman–Crippen MR) is 117 cm³/mol. The summed E-state index contributed by atoms with van der Waals surface area (Å²) in [5, 5.41) is 5.04. The van der Waals surface area contributed by atoms with Crippen molar-refractivity contribution in [3.05, 3.63) is 54.5 Å². The number of hydrogen-bond donors (Lipinski definition) is 0. The third-order valence-corrected chi connectivity index (χ3v) is 6.53. The van der Waals surface area contributed by atoms with Crippen LogP contribution in [0.4, 0.5) is 0 Å². The normalized spacial score (nSPS) is 19.0. The molecule has 1 aromatic carbocycles. The first kappa shape index (κ1) is 20.0. The minimum Gasteiger partial charge on any atom is -0.490 e. The molecule has 4 heterocycles. The molecule has 7 heteroatoms. The Labute approximate surface area is 182 Å². The zero-order valence-electron chi connectivity index (χ0n) is 17.7. The van der Waals surface area contributed by atoms with Gasteiger partial charge >= 0.3 is 0 Å². The highest BCUT2D eigenvalue weighted by molar-refractivity contribution is 5.86. The third-order valence-electron chi connectivity index (χ3n) is 6.53. The first-order chi connectivity index (χ1) is 15.3. The average Bonchev–Trinajstić information content (AvgIpc) is 3.23. The van der Waals surface area contributed by atoms with Crippen molar-refractivity contribution in [3.8, 4) is 5.75 Å². The van der Waals surface area contributed by atoms with E-state index in [-0.39, 0.29) is 12.0 Å². The van der Waals surface area contributed by atoms with E-state index in [0.29, 0.717) is 12.5 Å². The maximum Gasteiger partial charge on any atom is 0.228 e. The Hall–Kier alpha value is -2.93. The second-order valence-corrected chi connectivity index (χ2v) is 8.45. The van der Waals surface area contributed by atoms with Gasteiger partial charge in [-0.05, 0) is 49.9 Å². The maximum absolute atomic E-state index is 12.8. The number of carbonyl (C=O) groups is 1. The fourth-order valence-corrected chi connectivity index (χ4v) is 4.77. The number of aromatic nitrogens is 2. The Balaban J connectivity index is 1.09. The van der Waals surface area contributed by atoms with Gasteiger partial charge < -0.3 is 14.2 Å². The Morgan fingerprint density at radius 2 is 1.74 bits per heavy atom. The van der Waals surface area contributed by atoms with Gasteiger partial charge in [0, 0.05) is 50.0 Å². The Kier molecular flexibility index (Phi) is 5.84. The van der Waals surface area contributed by atoms with Gasteiger partial charge in [-0.25, -0.2) is 0 Å². The quantitative estimate of drug-likeness (QED) is 0.631. The molecular weight excluding hydrogens is 392 g/mol. The summed E-state index contributed by atoms with van der Waals surface area (Å²) < 4.78 is 11.4. The summed E-state index contributed by atoms with van der Waals surface area (Å²) in [5.41, 5.74) is 1.47. The lowest BCUT2D eigenvalue weighted by Gasteiger charge is -2.41. The third kappa shape index (κ3) is 4.56. The van der Waals surface area contributed by atoms with Crippen LogP contribution in [0.3, 0.4) is 0 Å². The highest BCUT2D eigenvalue weighted by Crippen LogP contribution is 2.25. The van der Waals surface area contributed by atoms with E-state index in [1.165, 1.54) is 0 Å². The molecular formula is C24H28N4O3. The molecule has 7 nitrogen and oxygen atoms in total. The molecule has 0 spiro atoms. The Morgan fingerprint density at radius 1 is 1.00 bits per heavy atom. The van der Waals surface area contributed by atoms with Gasteiger partial charge in [-0.2, -0.15) is 0 Å². The van der Waals surface area contributed by atoms with Crippen LogP contribution in [0.15, 0.2) is 53.3 Å². The van der Waals surface area contributed by atoms with E-state index in [9.17, 15) is 4.79 Å². The summed E-state index contributed by atoms with van der Waals surface area (Å²) in [6.07, 6.45) is 8.26. The van der Waals surface area contributed by atoms with Crippen LogP contribution in [0.2, 0.25) is 0 Å². The summed E-state index contributed by atoms with van der Waals surface area (Å²) in [6, 6.07) is 12.1. The van der Waals surface area contributed by atoms with Crippen molar-refractivity contribution in [1.82, 2.24) is 19.9 Å². The summed E-state index contributed by atoms with van der Waals surface area (Å²) in [6.45, 7) is 3.73. The molecule has 0 aliphatic carbocycles. The van der Waals surface area contributed by atoms with Crippen LogP contribution >= 0.6 is 0 Å². The highest BCUT2D eigenvalue weighted by atomic mass is 16.5. The lowest BCUT2D eigenvalue weighted by molar-refractivity contribution is -0.132. The minimum absolute atomic E-state index is 0.141. The first-order valence-electron chi connectivity index (χ1n) is 11.2. The fraction of sp³-hybridized carbons (Fsp3) is 0.458. The fourth-order valence-electron chi connectivity index (χ4n) is 4.77. The Bertz CT molecular complexity index is 1010. The number of para-hydroxylation sites is 1. The Morgan fingerprint density at radius 3 is 2.52 bits per heavy atom. The van der Waals surface area contributed by atoms with Gasteiger partial charge in [0.1, 0.15) is 17.5 Å². The van der Waals surface area contributed by atoms with Gasteiger partial charge in [0.25, 0.3) is 0 Å². The van der Waals surface area contributed by atoms with Crippen molar-refractivity contribution in [2.75, 3.05) is 26.2 Å². The molecule has 162 valence electrons. The van der Waals surface area contributed by atoms with E-state index in [1.807, 2.05) is 41.3 Å². The number of piperidine rings is 2. The SMILES string of the molecule is O=C(Cc1noc2ccccc12)N1CCC(N2CCC(Oc3ccncc3)CC2)CC1. The number of hydrogen-bond acceptors (Lipinski definition) is 6. The van der Waals surface area contributed by atoms with Crippen molar-refractivity contribution >= 4 is 16.9 Å². The zero-order valence-corrected chi connectivity index (χ0v) is 17.7. The first-order valence-corrected chi connectivity index (χ1v) is 11.2. The van der Waals surface area contributed by atoms with E-state index in [4.69, 9.17) is 9.26 Å². The van der Waals surface area contributed by atoms with Crippen molar-refractivity contribution in [2.45, 2.75) is 44.2 Å². The number of carbonyl (C=O) groups excluding carboxylic acids is 1. The van der Waals surface area contributed by atoms with Crippen LogP contribution in [0.1, 0.15) is 31.4 Å². The van der Waals surface area contributed by atoms with Crippen LogP contribution in [0.5, 0.6) is 5.75 Å². The van der Waals surface area contributed by atoms with E-state index in [0.717, 1.165) is 74.3 Å². The lowest BCUT2D eigenvalue weighted by Crippen LogP contribution is -2.50. The number of fused-ring (bicyclic) bond motifs is 1. The van der Waals surface area contributed by atoms with Gasteiger partial charge in [0.2, 0.25) is 5.91 Å². The number of pyridine rings is 1. The molecule has 31 heavy (non-hydrogen) atoms. The van der Waals surface area contributed by atoms with Crippen LogP contribution < -0.4 is 4.74 Å². The van der Waals surface area contributed by atoms with Crippen LogP contribution in [0.25, 0.3) is 11.0 Å². The smallest absolute Gasteiger partial charge is 0.228 e.